The van der Waals surface area contributed by atoms with Crippen molar-refractivity contribution in [3.63, 3.8) is 0 Å². The van der Waals surface area contributed by atoms with Crippen LogP contribution in [0.25, 0.3) is 0 Å². The fraction of sp³-hybridized carbons (Fsp3) is 1.00. The number of rotatable bonds is 4. The molecule has 0 amide bonds. The van der Waals surface area contributed by atoms with Crippen LogP contribution in [0.4, 0.5) is 0 Å². The van der Waals surface area contributed by atoms with Gasteiger partial charge in [-0.05, 0) is 19.3 Å². The molecule has 0 aromatic rings. The molecule has 0 spiro atoms. The third kappa shape index (κ3) is 2.74. The summed E-state index contributed by atoms with van der Waals surface area (Å²) in [6.07, 6.45) is 0.836. The van der Waals surface area contributed by atoms with Crippen LogP contribution in [-0.2, 0) is 14.8 Å². The van der Waals surface area contributed by atoms with Gasteiger partial charge in [-0.3, -0.25) is 0 Å². The van der Waals surface area contributed by atoms with E-state index in [2.05, 4.69) is 6.92 Å². The lowest BCUT2D eigenvalue weighted by Gasteiger charge is -2.36. The number of piperidine rings is 1. The van der Waals surface area contributed by atoms with Gasteiger partial charge in [-0.2, -0.15) is 4.31 Å². The van der Waals surface area contributed by atoms with Gasteiger partial charge in [0.2, 0.25) is 10.0 Å². The molecule has 1 saturated heterocycles. The molecule has 96 valence electrons. The van der Waals surface area contributed by atoms with E-state index in [9.17, 15) is 8.42 Å². The highest BCUT2D eigenvalue weighted by Gasteiger charge is 2.35. The van der Waals surface area contributed by atoms with Crippen LogP contribution >= 0.6 is 0 Å². The van der Waals surface area contributed by atoms with E-state index < -0.39 is 15.3 Å². The largest absolute Gasteiger partial charge is 0.380 e. The molecule has 3 unspecified atom stereocenters. The van der Waals surface area contributed by atoms with E-state index >= 15 is 0 Å². The van der Waals surface area contributed by atoms with Gasteiger partial charge >= 0.3 is 0 Å². The number of methoxy groups -OCH3 is 1. The summed E-state index contributed by atoms with van der Waals surface area (Å²) in [6, 6.07) is 0. The van der Waals surface area contributed by atoms with Gasteiger partial charge in [0.25, 0.3) is 0 Å². The molecule has 2 N–H and O–H groups in total. The Bertz CT molecular complexity index is 318. The summed E-state index contributed by atoms with van der Waals surface area (Å²) < 4.78 is 31.0. The molecular formula is C10H22N2O3S. The Morgan fingerprint density at radius 1 is 1.56 bits per heavy atom. The summed E-state index contributed by atoms with van der Waals surface area (Å²) in [7, 11) is -1.62. The third-order valence-corrected chi connectivity index (χ3v) is 5.62. The van der Waals surface area contributed by atoms with Crippen LogP contribution in [-0.4, -0.2) is 50.8 Å². The van der Waals surface area contributed by atoms with Gasteiger partial charge in [0.1, 0.15) is 0 Å². The van der Waals surface area contributed by atoms with Gasteiger partial charge in [-0.25, -0.2) is 8.42 Å². The first-order chi connectivity index (χ1) is 7.43. The average molecular weight is 250 g/mol. The van der Waals surface area contributed by atoms with E-state index in [4.69, 9.17) is 10.5 Å². The molecule has 0 bridgehead atoms. The van der Waals surface area contributed by atoms with Crippen LogP contribution in [0.5, 0.6) is 0 Å². The zero-order valence-electron chi connectivity index (χ0n) is 10.2. The molecule has 16 heavy (non-hydrogen) atoms. The van der Waals surface area contributed by atoms with Gasteiger partial charge < -0.3 is 10.5 Å². The Morgan fingerprint density at radius 2 is 2.19 bits per heavy atom. The molecule has 0 saturated carbocycles. The van der Waals surface area contributed by atoms with Crippen LogP contribution in [0, 0.1) is 5.92 Å². The van der Waals surface area contributed by atoms with Crippen molar-refractivity contribution in [1.29, 1.82) is 0 Å². The van der Waals surface area contributed by atoms with Crippen LogP contribution in [0.2, 0.25) is 0 Å². The first kappa shape index (κ1) is 13.9. The summed E-state index contributed by atoms with van der Waals surface area (Å²) in [4.78, 5) is 0. The SMILES string of the molecule is COC1CN(S(=O)(=O)C(C)CN)CCC1C. The number of nitrogens with zero attached hydrogens (tertiary/aromatic N) is 1. The summed E-state index contributed by atoms with van der Waals surface area (Å²) in [5.41, 5.74) is 5.42. The molecule has 0 radical (unpaired) electrons. The van der Waals surface area contributed by atoms with Gasteiger partial charge in [-0.15, -0.1) is 0 Å². The topological polar surface area (TPSA) is 72.6 Å². The van der Waals surface area contributed by atoms with E-state index in [0.29, 0.717) is 19.0 Å². The standard InChI is InChI=1S/C10H22N2O3S/c1-8-4-5-12(7-10(8)15-3)16(13,14)9(2)6-11/h8-10H,4-7,11H2,1-3H3. The second kappa shape index (κ2) is 5.44. The second-order valence-corrected chi connectivity index (χ2v) is 6.84. The number of hydrogen-bond acceptors (Lipinski definition) is 4. The maximum atomic E-state index is 12.1. The smallest absolute Gasteiger partial charge is 0.218 e. The van der Waals surface area contributed by atoms with Crippen molar-refractivity contribution >= 4 is 10.0 Å². The van der Waals surface area contributed by atoms with E-state index in [1.165, 1.54) is 4.31 Å². The Morgan fingerprint density at radius 3 is 2.69 bits per heavy atom. The minimum atomic E-state index is -3.25. The monoisotopic (exact) mass is 250 g/mol. The summed E-state index contributed by atoms with van der Waals surface area (Å²) in [5, 5.41) is -0.515. The highest BCUT2D eigenvalue weighted by molar-refractivity contribution is 7.89. The van der Waals surface area contributed by atoms with Crippen LogP contribution in [0.3, 0.4) is 0 Å². The zero-order valence-corrected chi connectivity index (χ0v) is 11.0. The quantitative estimate of drug-likeness (QED) is 0.763. The predicted octanol–water partition coefficient (Wildman–Crippen LogP) is 0.0202. The van der Waals surface area contributed by atoms with Gasteiger partial charge in [0.05, 0.1) is 11.4 Å². The van der Waals surface area contributed by atoms with Crippen molar-refractivity contribution < 1.29 is 13.2 Å². The average Bonchev–Trinajstić information content (AvgIpc) is 2.28. The minimum Gasteiger partial charge on any atom is -0.380 e. The molecule has 1 aliphatic heterocycles. The molecule has 1 aliphatic rings. The van der Waals surface area contributed by atoms with E-state index in [-0.39, 0.29) is 12.6 Å². The van der Waals surface area contributed by atoms with E-state index in [1.54, 1.807) is 14.0 Å². The van der Waals surface area contributed by atoms with E-state index in [0.717, 1.165) is 6.42 Å². The van der Waals surface area contributed by atoms with Crippen LogP contribution in [0.15, 0.2) is 0 Å². The lowest BCUT2D eigenvalue weighted by Crippen LogP contribution is -2.50. The lowest BCUT2D eigenvalue weighted by atomic mass is 9.97. The predicted molar refractivity (Wildman–Crippen MR) is 63.6 cm³/mol. The van der Waals surface area contributed by atoms with Crippen LogP contribution in [0.1, 0.15) is 20.3 Å². The Balaban J connectivity index is 2.75. The molecule has 3 atom stereocenters. The molecule has 1 rings (SSSR count). The molecule has 0 aromatic heterocycles. The highest BCUT2D eigenvalue weighted by Crippen LogP contribution is 2.23. The molecule has 0 aliphatic carbocycles. The van der Waals surface area contributed by atoms with Gasteiger partial charge in [0.15, 0.2) is 0 Å². The summed E-state index contributed by atoms with van der Waals surface area (Å²) >= 11 is 0. The first-order valence-corrected chi connectivity index (χ1v) is 7.15. The van der Waals surface area contributed by atoms with Crippen molar-refractivity contribution in [2.45, 2.75) is 31.6 Å². The molecule has 5 nitrogen and oxygen atoms in total. The van der Waals surface area contributed by atoms with Gasteiger partial charge in [0, 0.05) is 26.7 Å². The fourth-order valence-electron chi connectivity index (χ4n) is 1.92. The lowest BCUT2D eigenvalue weighted by molar-refractivity contribution is 0.0182. The Labute approximate surface area is 98.0 Å². The summed E-state index contributed by atoms with van der Waals surface area (Å²) in [5.74, 6) is 0.407. The minimum absolute atomic E-state index is 0.00602. The molecule has 1 heterocycles. The van der Waals surface area contributed by atoms with Crippen molar-refractivity contribution in [1.82, 2.24) is 4.31 Å². The molecule has 0 aromatic carbocycles. The molecule has 6 heteroatoms. The number of ether oxygens (including phenoxy) is 1. The van der Waals surface area contributed by atoms with Crippen LogP contribution < -0.4 is 5.73 Å². The zero-order chi connectivity index (χ0) is 12.3. The van der Waals surface area contributed by atoms with Gasteiger partial charge in [-0.1, -0.05) is 6.92 Å². The number of hydrogen-bond donors (Lipinski definition) is 1. The van der Waals surface area contributed by atoms with Crippen molar-refractivity contribution in [2.24, 2.45) is 11.7 Å². The maximum Gasteiger partial charge on any atom is 0.218 e. The molecular weight excluding hydrogens is 228 g/mol. The fourth-order valence-corrected chi connectivity index (χ4v) is 3.39. The third-order valence-electron chi connectivity index (χ3n) is 3.36. The first-order valence-electron chi connectivity index (χ1n) is 5.65. The van der Waals surface area contributed by atoms with E-state index in [1.807, 2.05) is 0 Å². The Hall–Kier alpha value is -0.170. The number of nitrogens with two attached hydrogens (primary N) is 1. The summed E-state index contributed by atoms with van der Waals surface area (Å²) in [6.45, 7) is 4.92. The maximum absolute atomic E-state index is 12.1. The second-order valence-electron chi connectivity index (χ2n) is 4.49. The van der Waals surface area contributed by atoms with Crippen molar-refractivity contribution in [2.75, 3.05) is 26.7 Å². The Kier molecular flexibility index (Phi) is 4.73. The molecule has 1 fully saturated rings. The highest BCUT2D eigenvalue weighted by atomic mass is 32.2. The van der Waals surface area contributed by atoms with Crippen molar-refractivity contribution in [3.8, 4) is 0 Å². The van der Waals surface area contributed by atoms with Crippen molar-refractivity contribution in [3.05, 3.63) is 0 Å². The normalized spacial score (nSPS) is 30.2. The number of sulfonamides is 1.